The number of phenols is 1. The van der Waals surface area contributed by atoms with Crippen LogP contribution in [0.2, 0.25) is 0 Å². The molecular formula is C23H34N2O14. The third-order valence-corrected chi connectivity index (χ3v) is 6.47. The number of nitrogens with two attached hydrogens (primary N) is 1. The monoisotopic (exact) mass is 562 g/mol. The number of hydrogen-bond acceptors (Lipinski definition) is 16. The molecule has 1 aromatic rings. The number of likely N-dealkylation sites (N-methyl/N-ethyl adjacent to an activating group) is 1. The van der Waals surface area contributed by atoms with Crippen LogP contribution in [0.4, 0.5) is 5.69 Å². The molecule has 2 fully saturated rings. The second kappa shape index (κ2) is 13.1. The summed E-state index contributed by atoms with van der Waals surface area (Å²) in [5.74, 6) is -3.68. The fraction of sp³-hybridized carbons (Fsp3) is 0.652. The molecule has 0 aliphatic carbocycles. The summed E-state index contributed by atoms with van der Waals surface area (Å²) in [5, 5.41) is 73.6. The third-order valence-electron chi connectivity index (χ3n) is 6.47. The van der Waals surface area contributed by atoms with Gasteiger partial charge in [0.05, 0.1) is 25.4 Å². The van der Waals surface area contributed by atoms with Crippen LogP contribution in [0.25, 0.3) is 0 Å². The lowest BCUT2D eigenvalue weighted by Gasteiger charge is -2.44. The lowest BCUT2D eigenvalue weighted by molar-refractivity contribution is -0.308. The fourth-order valence-corrected chi connectivity index (χ4v) is 4.33. The molecule has 5 unspecified atom stereocenters. The number of benzene rings is 1. The van der Waals surface area contributed by atoms with Crippen LogP contribution >= 0.6 is 0 Å². The van der Waals surface area contributed by atoms with Gasteiger partial charge < -0.3 is 70.5 Å². The van der Waals surface area contributed by atoms with E-state index in [-0.39, 0.29) is 11.3 Å². The predicted molar refractivity (Wildman–Crippen MR) is 126 cm³/mol. The second-order valence-corrected chi connectivity index (χ2v) is 9.13. The Hall–Kier alpha value is -2.64. The minimum Gasteiger partial charge on any atom is -0.507 e. The lowest BCUT2D eigenvalue weighted by atomic mass is 9.88. The molecule has 16 nitrogen and oxygen atoms in total. The highest BCUT2D eigenvalue weighted by Crippen LogP contribution is 2.29. The second-order valence-electron chi connectivity index (χ2n) is 9.13. The molecule has 2 heterocycles. The Morgan fingerprint density at radius 2 is 1.74 bits per heavy atom. The van der Waals surface area contributed by atoms with E-state index in [1.807, 2.05) is 0 Å². The van der Waals surface area contributed by atoms with Crippen LogP contribution in [0, 0.1) is 5.92 Å². The smallest absolute Gasteiger partial charge is 0.345 e. The normalized spacial score (nSPS) is 35.7. The number of nitrogen functional groups attached to an aromatic ring is 1. The molecule has 16 heteroatoms. The van der Waals surface area contributed by atoms with Gasteiger partial charge in [0.2, 0.25) is 6.29 Å². The quantitative estimate of drug-likeness (QED) is 0.0603. The molecule has 2 aliphatic heterocycles. The van der Waals surface area contributed by atoms with Gasteiger partial charge in [-0.15, -0.1) is 0 Å². The minimum atomic E-state index is -1.97. The summed E-state index contributed by atoms with van der Waals surface area (Å²) in [6.07, 6.45) is -14.8. The average molecular weight is 563 g/mol. The highest BCUT2D eigenvalue weighted by atomic mass is 16.7. The number of rotatable bonds is 9. The van der Waals surface area contributed by atoms with Crippen LogP contribution in [0.1, 0.15) is 17.3 Å². The van der Waals surface area contributed by atoms with Gasteiger partial charge in [-0.25, -0.2) is 9.59 Å². The molecule has 0 spiro atoms. The molecule has 0 bridgehead atoms. The maximum Gasteiger partial charge on any atom is 0.345 e. The highest BCUT2D eigenvalue weighted by molar-refractivity contribution is 5.93. The number of aliphatic hydroxyl groups excluding tert-OH is 6. The molecule has 0 amide bonds. The Kier molecular flexibility index (Phi) is 10.4. The summed E-state index contributed by atoms with van der Waals surface area (Å²) < 4.78 is 26.0. The number of nitrogens with one attached hydrogen (secondary N) is 1. The van der Waals surface area contributed by atoms with Gasteiger partial charge in [0.25, 0.3) is 0 Å². The van der Waals surface area contributed by atoms with E-state index >= 15 is 0 Å². The molecule has 2 aliphatic rings. The zero-order chi connectivity index (χ0) is 29.0. The van der Waals surface area contributed by atoms with Crippen molar-refractivity contribution in [1.29, 1.82) is 0 Å². The van der Waals surface area contributed by atoms with Crippen LogP contribution in [-0.2, 0) is 28.5 Å². The summed E-state index contributed by atoms with van der Waals surface area (Å²) >= 11 is 0. The number of ether oxygens (including phenoxy) is 5. The lowest BCUT2D eigenvalue weighted by Crippen LogP contribution is -2.63. The van der Waals surface area contributed by atoms with E-state index in [0.717, 1.165) is 6.07 Å². The number of anilines is 1. The third kappa shape index (κ3) is 6.93. The molecule has 39 heavy (non-hydrogen) atoms. The van der Waals surface area contributed by atoms with E-state index in [1.165, 1.54) is 26.1 Å². The first-order chi connectivity index (χ1) is 18.4. The van der Waals surface area contributed by atoms with Gasteiger partial charge in [0.15, 0.2) is 18.7 Å². The SMILES string of the molecule is CNC1[C@H](O)OC(CO)[C@H](O)[C@H]1CO[C@@H]1OC(C(=O)OC(C)OC(=O)c2cc(N)ccc2O)[C@@H](O)[C@@H](O)C1O. The van der Waals surface area contributed by atoms with Crippen molar-refractivity contribution in [2.75, 3.05) is 26.0 Å². The van der Waals surface area contributed by atoms with Crippen molar-refractivity contribution in [1.82, 2.24) is 5.32 Å². The topological polar surface area (TPSA) is 260 Å². The van der Waals surface area contributed by atoms with Crippen molar-refractivity contribution < 1.29 is 69.0 Å². The first-order valence-corrected chi connectivity index (χ1v) is 12.0. The Balaban J connectivity index is 1.64. The molecule has 0 aromatic heterocycles. The molecule has 10 N–H and O–H groups in total. The Bertz CT molecular complexity index is 998. The summed E-state index contributed by atoms with van der Waals surface area (Å²) in [6, 6.07) is 2.81. The molecule has 2 saturated heterocycles. The van der Waals surface area contributed by atoms with Crippen molar-refractivity contribution in [3.63, 3.8) is 0 Å². The molecule has 0 radical (unpaired) electrons. The summed E-state index contributed by atoms with van der Waals surface area (Å²) in [4.78, 5) is 25.0. The summed E-state index contributed by atoms with van der Waals surface area (Å²) in [7, 11) is 1.48. The van der Waals surface area contributed by atoms with E-state index < -0.39 is 98.4 Å². The molecule has 1 aromatic carbocycles. The summed E-state index contributed by atoms with van der Waals surface area (Å²) in [6.45, 7) is 0.154. The van der Waals surface area contributed by atoms with Crippen molar-refractivity contribution >= 4 is 17.6 Å². The average Bonchev–Trinajstić information content (AvgIpc) is 2.89. The first-order valence-electron chi connectivity index (χ1n) is 12.0. The zero-order valence-corrected chi connectivity index (χ0v) is 21.1. The number of hydrogen-bond donors (Lipinski definition) is 9. The van der Waals surface area contributed by atoms with Crippen molar-refractivity contribution in [3.05, 3.63) is 23.8 Å². The number of carbonyl (C=O) groups is 2. The van der Waals surface area contributed by atoms with Gasteiger partial charge in [0, 0.05) is 18.5 Å². The van der Waals surface area contributed by atoms with E-state index in [4.69, 9.17) is 29.4 Å². The van der Waals surface area contributed by atoms with E-state index in [0.29, 0.717) is 0 Å². The first kappa shape index (κ1) is 30.9. The van der Waals surface area contributed by atoms with E-state index in [1.54, 1.807) is 0 Å². The Morgan fingerprint density at radius 3 is 2.38 bits per heavy atom. The highest BCUT2D eigenvalue weighted by Gasteiger charge is 2.50. The largest absolute Gasteiger partial charge is 0.507 e. The van der Waals surface area contributed by atoms with Gasteiger partial charge in [-0.3, -0.25) is 0 Å². The van der Waals surface area contributed by atoms with Gasteiger partial charge in [-0.1, -0.05) is 0 Å². The van der Waals surface area contributed by atoms with E-state index in [9.17, 15) is 45.3 Å². The van der Waals surface area contributed by atoms with Crippen LogP contribution in [0.15, 0.2) is 18.2 Å². The van der Waals surface area contributed by atoms with Crippen molar-refractivity contribution in [3.8, 4) is 5.75 Å². The van der Waals surface area contributed by atoms with Crippen LogP contribution in [0.3, 0.4) is 0 Å². The van der Waals surface area contributed by atoms with Crippen molar-refractivity contribution in [2.45, 2.75) is 68.5 Å². The zero-order valence-electron chi connectivity index (χ0n) is 21.1. The summed E-state index contributed by atoms with van der Waals surface area (Å²) in [5.41, 5.74) is 5.47. The Labute approximate surface area is 222 Å². The maximum atomic E-state index is 12.7. The number of carbonyl (C=O) groups excluding carboxylic acids is 2. The fourth-order valence-electron chi connectivity index (χ4n) is 4.33. The molecular weight excluding hydrogens is 528 g/mol. The van der Waals surface area contributed by atoms with Gasteiger partial charge in [-0.05, 0) is 25.2 Å². The molecule has 3 rings (SSSR count). The van der Waals surface area contributed by atoms with Gasteiger partial charge in [0.1, 0.15) is 35.7 Å². The minimum absolute atomic E-state index is 0.164. The van der Waals surface area contributed by atoms with Crippen LogP contribution in [-0.4, -0.2) is 129 Å². The molecule has 220 valence electrons. The van der Waals surface area contributed by atoms with Crippen molar-refractivity contribution in [2.24, 2.45) is 5.92 Å². The number of aliphatic hydroxyl groups is 6. The predicted octanol–water partition coefficient (Wildman–Crippen LogP) is -3.88. The van der Waals surface area contributed by atoms with Crippen LogP contribution < -0.4 is 11.1 Å². The molecule has 0 saturated carbocycles. The molecule has 11 atom stereocenters. The number of esters is 2. The standard InChI is InChI=1S/C23H34N2O14/c1-8(36-20(32)10-5-9(24)3-4-12(10)27)37-22(34)19-17(30)16(29)18(31)23(39-19)35-7-11-14(25-2)21(33)38-13(6-26)15(11)28/h3-5,8,11,13-19,21,23,25-31,33H,6-7,24H2,1-2H3/t8?,11-,13?,14?,15+,16+,17-,18?,19?,21+,23+/m0/s1. The number of aromatic hydroxyl groups is 1. The number of phenolic OH excluding ortho intramolecular Hbond substituents is 1. The Morgan fingerprint density at radius 1 is 1.05 bits per heavy atom. The van der Waals surface area contributed by atoms with E-state index in [2.05, 4.69) is 5.32 Å². The maximum absolute atomic E-state index is 12.7. The van der Waals surface area contributed by atoms with Gasteiger partial charge in [-0.2, -0.15) is 0 Å². The van der Waals surface area contributed by atoms with Gasteiger partial charge >= 0.3 is 11.9 Å². The van der Waals surface area contributed by atoms with Crippen LogP contribution in [0.5, 0.6) is 5.75 Å².